The fourth-order valence-electron chi connectivity index (χ4n) is 2.79. The van der Waals surface area contributed by atoms with E-state index in [9.17, 15) is 14.7 Å². The summed E-state index contributed by atoms with van der Waals surface area (Å²) >= 11 is 0.901. The molecular formula is C16H22O6RfS. The van der Waals surface area contributed by atoms with Gasteiger partial charge in [0.05, 0.1) is 18.1 Å². The van der Waals surface area contributed by atoms with Crippen molar-refractivity contribution in [3.8, 4) is 5.06 Å². The second kappa shape index (κ2) is 8.42. The van der Waals surface area contributed by atoms with Crippen molar-refractivity contribution in [1.29, 1.82) is 0 Å². The third-order valence-electron chi connectivity index (χ3n) is 3.73. The average molecular weight is 609 g/mol. The zero-order valence-electron chi connectivity index (χ0n) is 14.3. The number of carbonyl (C=O) groups is 2. The van der Waals surface area contributed by atoms with Crippen molar-refractivity contribution in [2.75, 3.05) is 19.8 Å². The van der Waals surface area contributed by atoms with E-state index in [1.807, 2.05) is 13.8 Å². The maximum Gasteiger partial charge on any atom is 0.348 e. The van der Waals surface area contributed by atoms with Crippen molar-refractivity contribution in [3.63, 3.8) is 0 Å². The summed E-state index contributed by atoms with van der Waals surface area (Å²) in [5.74, 6) is -1.20. The summed E-state index contributed by atoms with van der Waals surface area (Å²) < 4.78 is 16.0. The van der Waals surface area contributed by atoms with Gasteiger partial charge in [-0.25, -0.2) is 4.79 Å². The molecule has 1 atom stereocenters. The second-order valence-corrected chi connectivity index (χ2v) is 6.10. The van der Waals surface area contributed by atoms with Gasteiger partial charge in [-0.1, -0.05) is 11.3 Å². The largest absolute Gasteiger partial charge is 0.499 e. The minimum absolute atomic E-state index is 0. The number of carbonyl (C=O) groups excluding carboxylic acids is 2. The smallest absolute Gasteiger partial charge is 0.348 e. The fourth-order valence-corrected chi connectivity index (χ4v) is 3.78. The van der Waals surface area contributed by atoms with Gasteiger partial charge in [0.1, 0.15) is 4.88 Å². The molecule has 1 aliphatic carbocycles. The van der Waals surface area contributed by atoms with Crippen LogP contribution in [-0.2, 0) is 20.6 Å². The second-order valence-electron chi connectivity index (χ2n) is 5.10. The van der Waals surface area contributed by atoms with Crippen LogP contribution < -0.4 is 0 Å². The van der Waals surface area contributed by atoms with E-state index in [0.29, 0.717) is 36.5 Å². The number of rotatable bonds is 7. The van der Waals surface area contributed by atoms with Crippen molar-refractivity contribution >= 4 is 23.1 Å². The Bertz CT molecular complexity index is 579. The number of esters is 1. The van der Waals surface area contributed by atoms with Crippen LogP contribution in [0.3, 0.4) is 0 Å². The van der Waals surface area contributed by atoms with E-state index < -0.39 is 18.2 Å². The molecule has 0 saturated heterocycles. The first-order chi connectivity index (χ1) is 11.0. The molecule has 0 radical (unpaired) electrons. The van der Waals surface area contributed by atoms with Crippen LogP contribution in [0.25, 0.3) is 0 Å². The molecule has 0 saturated carbocycles. The molecular weight excluding hydrogens is 587 g/mol. The summed E-state index contributed by atoms with van der Waals surface area (Å²) in [4.78, 5) is 25.0. The molecule has 0 fully saturated rings. The average Bonchev–Trinajstić information content (AvgIpc) is 2.86. The van der Waals surface area contributed by atoms with Gasteiger partial charge in [-0.05, 0) is 39.2 Å². The van der Waals surface area contributed by atoms with Crippen LogP contribution in [0, 0.1) is 5.92 Å². The van der Waals surface area contributed by atoms with Crippen LogP contribution in [0.2, 0.25) is 0 Å². The molecule has 0 aliphatic heterocycles. The van der Waals surface area contributed by atoms with Crippen LogP contribution in [0.5, 0.6) is 5.06 Å². The molecule has 1 heterocycles. The first kappa shape index (κ1) is 19.6. The molecule has 0 spiro atoms. The Balaban J connectivity index is 0.00000288. The van der Waals surface area contributed by atoms with E-state index in [0.717, 1.165) is 11.3 Å². The molecule has 0 bridgehead atoms. The van der Waals surface area contributed by atoms with Gasteiger partial charge in [0.15, 0.2) is 17.1 Å². The van der Waals surface area contributed by atoms with Crippen LogP contribution in [0.15, 0.2) is 0 Å². The molecule has 8 heteroatoms. The normalized spacial score (nSPS) is 16.7. The van der Waals surface area contributed by atoms with Crippen molar-refractivity contribution in [1.82, 2.24) is 0 Å². The maximum atomic E-state index is 12.8. The van der Waals surface area contributed by atoms with Gasteiger partial charge in [0.25, 0.3) is 0 Å². The number of ketones is 1. The summed E-state index contributed by atoms with van der Waals surface area (Å²) in [7, 11) is 0. The predicted molar refractivity (Wildman–Crippen MR) is 85.1 cm³/mol. The number of aromatic hydroxyl groups is 1. The van der Waals surface area contributed by atoms with Gasteiger partial charge in [-0.3, -0.25) is 4.79 Å². The molecule has 6 nitrogen and oxygen atoms in total. The summed E-state index contributed by atoms with van der Waals surface area (Å²) in [6, 6.07) is 0. The van der Waals surface area contributed by atoms with Gasteiger partial charge in [-0.2, -0.15) is 0 Å². The summed E-state index contributed by atoms with van der Waals surface area (Å²) in [5, 5.41) is 10.00. The van der Waals surface area contributed by atoms with Crippen molar-refractivity contribution in [2.24, 2.45) is 5.92 Å². The fraction of sp³-hybridized carbons (Fsp3) is 0.625. The van der Waals surface area contributed by atoms with E-state index in [2.05, 4.69) is 0 Å². The Hall–Kier alpha value is -2.44. The first-order valence-corrected chi connectivity index (χ1v) is 8.65. The maximum absolute atomic E-state index is 12.8. The van der Waals surface area contributed by atoms with Crippen LogP contribution in [-0.4, -0.2) is 43.0 Å². The summed E-state index contributed by atoms with van der Waals surface area (Å²) in [6.07, 6.45) is 0.392. The van der Waals surface area contributed by atoms with Gasteiger partial charge in [0, 0.05) is 13.2 Å². The SMILES string of the molecule is CCOC(=O)c1sc(O)c2c1CCC(C(OCC)OCC)C2=O.[Rf]. The van der Waals surface area contributed by atoms with E-state index in [1.54, 1.807) is 6.92 Å². The Kier molecular flexibility index (Phi) is 6.88. The van der Waals surface area contributed by atoms with E-state index in [-0.39, 0.29) is 23.0 Å². The van der Waals surface area contributed by atoms with Crippen LogP contribution in [0.1, 0.15) is 52.8 Å². The zero-order chi connectivity index (χ0) is 17.0. The minimum atomic E-state index is -0.629. The molecule has 1 aliphatic rings. The van der Waals surface area contributed by atoms with Crippen LogP contribution in [0.4, 0.5) is 0 Å². The molecule has 0 amide bonds. The summed E-state index contributed by atoms with van der Waals surface area (Å²) in [6.45, 7) is 6.51. The summed E-state index contributed by atoms with van der Waals surface area (Å²) in [5.41, 5.74) is 0.803. The predicted octanol–water partition coefficient (Wildman–Crippen LogP) is 2.77. The quantitative estimate of drug-likeness (QED) is 0.379. The number of hydrogen-bond acceptors (Lipinski definition) is 7. The molecule has 1 unspecified atom stereocenters. The minimum Gasteiger partial charge on any atom is -0.499 e. The van der Waals surface area contributed by atoms with Gasteiger partial charge < -0.3 is 19.3 Å². The van der Waals surface area contributed by atoms with Gasteiger partial charge >= 0.3 is 5.97 Å². The van der Waals surface area contributed by atoms with Gasteiger partial charge in [-0.15, -0.1) is 0 Å². The molecule has 1 aromatic heterocycles. The standard InChI is InChI=1S/C16H22O6S.Rf/c1-4-20-14(18)13-9-7-8-10(16(21-5-2)22-6-3)12(17)11(9)15(19)23-13;/h10,16,19H,4-8H2,1-3H3;. The Morgan fingerprint density at radius 1 is 1.25 bits per heavy atom. The zero-order valence-corrected chi connectivity index (χ0v) is 21.5. The van der Waals surface area contributed by atoms with E-state index in [4.69, 9.17) is 14.2 Å². The van der Waals surface area contributed by atoms with Crippen molar-refractivity contribution in [2.45, 2.75) is 39.9 Å². The molecule has 24 heavy (non-hydrogen) atoms. The molecule has 2 rings (SSSR count). The number of fused-ring (bicyclic) bond motifs is 1. The number of ether oxygens (including phenoxy) is 3. The van der Waals surface area contributed by atoms with E-state index in [1.165, 1.54) is 0 Å². The Morgan fingerprint density at radius 3 is 2.42 bits per heavy atom. The van der Waals surface area contributed by atoms with Crippen molar-refractivity contribution < 1.29 is 28.9 Å². The Morgan fingerprint density at radius 2 is 1.88 bits per heavy atom. The number of hydrogen-bond donors (Lipinski definition) is 1. The monoisotopic (exact) mass is 609 g/mol. The van der Waals surface area contributed by atoms with Gasteiger partial charge in [0.2, 0.25) is 0 Å². The topological polar surface area (TPSA) is 82.1 Å². The van der Waals surface area contributed by atoms with Crippen molar-refractivity contribution in [3.05, 3.63) is 16.0 Å². The molecule has 130 valence electrons. The first-order valence-electron chi connectivity index (χ1n) is 7.84. The number of thiophene rings is 1. The van der Waals surface area contributed by atoms with Crippen LogP contribution >= 0.6 is 11.3 Å². The molecule has 1 N–H and O–H groups in total. The third kappa shape index (κ3) is 3.55. The number of Topliss-reactive ketones (excluding diaryl/α,β-unsaturated/α-hetero) is 1. The van der Waals surface area contributed by atoms with E-state index >= 15 is 0 Å². The Labute approximate surface area is 139 Å². The third-order valence-corrected chi connectivity index (χ3v) is 4.74. The molecule has 1 aromatic rings. The molecule has 0 aromatic carbocycles.